The minimum Gasteiger partial charge on any atom is -0.300 e. The molecule has 0 aromatic heterocycles. The van der Waals surface area contributed by atoms with E-state index in [-0.39, 0.29) is 0 Å². The zero-order chi connectivity index (χ0) is 12.4. The van der Waals surface area contributed by atoms with Gasteiger partial charge >= 0.3 is 0 Å². The minimum atomic E-state index is 0.487. The Labute approximate surface area is 110 Å². The highest BCUT2D eigenvalue weighted by atomic mass is 16.1. The van der Waals surface area contributed by atoms with Crippen LogP contribution in [0.5, 0.6) is 0 Å². The van der Waals surface area contributed by atoms with Gasteiger partial charge in [-0.1, -0.05) is 49.9 Å². The summed E-state index contributed by atoms with van der Waals surface area (Å²) in [4.78, 5) is 12.0. The molecule has 1 atom stereocenters. The Morgan fingerprint density at radius 1 is 1.17 bits per heavy atom. The maximum absolute atomic E-state index is 12.0. The third-order valence-corrected chi connectivity index (χ3v) is 4.74. The van der Waals surface area contributed by atoms with Gasteiger partial charge in [-0.25, -0.2) is 0 Å². The van der Waals surface area contributed by atoms with Crippen molar-refractivity contribution in [3.8, 4) is 0 Å². The summed E-state index contributed by atoms with van der Waals surface area (Å²) >= 11 is 0. The van der Waals surface area contributed by atoms with Crippen LogP contribution in [0.4, 0.5) is 0 Å². The molecule has 2 aliphatic carbocycles. The van der Waals surface area contributed by atoms with Gasteiger partial charge in [-0.3, -0.25) is 4.79 Å². The molecule has 18 heavy (non-hydrogen) atoms. The molecule has 96 valence electrons. The molecular formula is C17H22O. The van der Waals surface area contributed by atoms with Crippen LogP contribution in [-0.4, -0.2) is 5.78 Å². The lowest BCUT2D eigenvalue weighted by atomic mass is 9.74. The topological polar surface area (TPSA) is 17.1 Å². The first kappa shape index (κ1) is 12.0. The SMILES string of the molecule is O=C(CCC1CCCC1)CC1Cc2ccccc21. The lowest BCUT2D eigenvalue weighted by Crippen LogP contribution is -2.20. The van der Waals surface area contributed by atoms with Gasteiger partial charge in [0.05, 0.1) is 0 Å². The summed E-state index contributed by atoms with van der Waals surface area (Å²) in [5.41, 5.74) is 2.87. The fourth-order valence-corrected chi connectivity index (χ4v) is 3.59. The van der Waals surface area contributed by atoms with Crippen molar-refractivity contribution in [3.63, 3.8) is 0 Å². The van der Waals surface area contributed by atoms with Crippen LogP contribution in [0.15, 0.2) is 24.3 Å². The standard InChI is InChI=1S/C17H22O/c18-16(10-9-13-5-1-2-6-13)12-15-11-14-7-3-4-8-17(14)15/h3-4,7-8,13,15H,1-2,5-6,9-12H2. The Hall–Kier alpha value is -1.11. The monoisotopic (exact) mass is 242 g/mol. The molecule has 0 radical (unpaired) electrons. The third-order valence-electron chi connectivity index (χ3n) is 4.74. The molecule has 0 N–H and O–H groups in total. The number of carbonyl (C=O) groups is 1. The highest BCUT2D eigenvalue weighted by Crippen LogP contribution is 2.38. The van der Waals surface area contributed by atoms with E-state index >= 15 is 0 Å². The summed E-state index contributed by atoms with van der Waals surface area (Å²) in [6.07, 6.45) is 9.36. The summed E-state index contributed by atoms with van der Waals surface area (Å²) in [5.74, 6) is 1.86. The zero-order valence-corrected chi connectivity index (χ0v) is 11.0. The fraction of sp³-hybridized carbons (Fsp3) is 0.588. The summed E-state index contributed by atoms with van der Waals surface area (Å²) < 4.78 is 0. The molecule has 1 fully saturated rings. The van der Waals surface area contributed by atoms with E-state index < -0.39 is 0 Å². The van der Waals surface area contributed by atoms with E-state index in [1.807, 2.05) is 0 Å². The van der Waals surface area contributed by atoms with Crippen molar-refractivity contribution in [2.24, 2.45) is 5.92 Å². The molecule has 1 aromatic rings. The van der Waals surface area contributed by atoms with Gasteiger partial charge in [0, 0.05) is 12.8 Å². The Kier molecular flexibility index (Phi) is 3.49. The van der Waals surface area contributed by atoms with Crippen molar-refractivity contribution in [3.05, 3.63) is 35.4 Å². The highest BCUT2D eigenvalue weighted by Gasteiger charge is 2.27. The molecule has 0 aliphatic heterocycles. The predicted molar refractivity (Wildman–Crippen MR) is 73.7 cm³/mol. The quantitative estimate of drug-likeness (QED) is 0.754. The van der Waals surface area contributed by atoms with Crippen LogP contribution in [0.2, 0.25) is 0 Å². The van der Waals surface area contributed by atoms with Crippen molar-refractivity contribution < 1.29 is 4.79 Å². The molecule has 0 saturated heterocycles. The molecular weight excluding hydrogens is 220 g/mol. The number of hydrogen-bond donors (Lipinski definition) is 0. The Bertz CT molecular complexity index is 429. The molecule has 1 heteroatoms. The number of Topliss-reactive ketones (excluding diaryl/α,β-unsaturated/α-hetero) is 1. The van der Waals surface area contributed by atoms with Crippen LogP contribution in [0, 0.1) is 5.92 Å². The summed E-state index contributed by atoms with van der Waals surface area (Å²) in [5, 5.41) is 0. The lowest BCUT2D eigenvalue weighted by Gasteiger charge is -2.29. The van der Waals surface area contributed by atoms with E-state index in [9.17, 15) is 4.79 Å². The van der Waals surface area contributed by atoms with E-state index in [1.54, 1.807) is 0 Å². The van der Waals surface area contributed by atoms with Gasteiger partial charge in [-0.15, -0.1) is 0 Å². The van der Waals surface area contributed by atoms with E-state index in [4.69, 9.17) is 0 Å². The van der Waals surface area contributed by atoms with Crippen LogP contribution in [0.3, 0.4) is 0 Å². The van der Waals surface area contributed by atoms with Gasteiger partial charge in [0.2, 0.25) is 0 Å². The first-order valence-electron chi connectivity index (χ1n) is 7.42. The molecule has 1 unspecified atom stereocenters. The zero-order valence-electron chi connectivity index (χ0n) is 11.0. The van der Waals surface area contributed by atoms with Gasteiger partial charge in [-0.2, -0.15) is 0 Å². The third kappa shape index (κ3) is 2.50. The molecule has 1 nitrogen and oxygen atoms in total. The van der Waals surface area contributed by atoms with Gasteiger partial charge in [-0.05, 0) is 35.8 Å². The maximum atomic E-state index is 12.0. The molecule has 1 saturated carbocycles. The first-order valence-corrected chi connectivity index (χ1v) is 7.42. The maximum Gasteiger partial charge on any atom is 0.133 e. The second kappa shape index (κ2) is 5.26. The number of carbonyl (C=O) groups excluding carboxylic acids is 1. The molecule has 0 heterocycles. The van der Waals surface area contributed by atoms with Crippen LogP contribution in [0.1, 0.15) is 62.0 Å². The average Bonchev–Trinajstić information content (AvgIpc) is 2.87. The Balaban J connectivity index is 1.45. The summed E-state index contributed by atoms with van der Waals surface area (Å²) in [6, 6.07) is 8.56. The molecule has 1 aromatic carbocycles. The molecule has 0 spiro atoms. The van der Waals surface area contributed by atoms with Crippen molar-refractivity contribution >= 4 is 5.78 Å². The van der Waals surface area contributed by atoms with Gasteiger partial charge in [0.1, 0.15) is 5.78 Å². The number of fused-ring (bicyclic) bond motifs is 1. The first-order chi connectivity index (χ1) is 8.83. The smallest absolute Gasteiger partial charge is 0.133 e. The fourth-order valence-electron chi connectivity index (χ4n) is 3.59. The molecule has 0 amide bonds. The van der Waals surface area contributed by atoms with Crippen LogP contribution < -0.4 is 0 Å². The van der Waals surface area contributed by atoms with E-state index in [1.165, 1.54) is 36.8 Å². The number of hydrogen-bond acceptors (Lipinski definition) is 1. The van der Waals surface area contributed by atoms with E-state index in [0.29, 0.717) is 11.7 Å². The van der Waals surface area contributed by atoms with Crippen molar-refractivity contribution in [1.82, 2.24) is 0 Å². The minimum absolute atomic E-state index is 0.487. The largest absolute Gasteiger partial charge is 0.300 e. The lowest BCUT2D eigenvalue weighted by molar-refractivity contribution is -0.119. The van der Waals surface area contributed by atoms with Crippen molar-refractivity contribution in [2.75, 3.05) is 0 Å². The Morgan fingerprint density at radius 2 is 1.94 bits per heavy atom. The van der Waals surface area contributed by atoms with Gasteiger partial charge in [0.15, 0.2) is 0 Å². The average molecular weight is 242 g/mol. The van der Waals surface area contributed by atoms with Gasteiger partial charge < -0.3 is 0 Å². The van der Waals surface area contributed by atoms with E-state index in [2.05, 4.69) is 24.3 Å². The highest BCUT2D eigenvalue weighted by molar-refractivity contribution is 5.79. The normalized spacial score (nSPS) is 22.6. The number of benzene rings is 1. The number of rotatable bonds is 5. The summed E-state index contributed by atoms with van der Waals surface area (Å²) in [7, 11) is 0. The second-order valence-corrected chi connectivity index (χ2v) is 6.03. The van der Waals surface area contributed by atoms with Crippen molar-refractivity contribution in [1.29, 1.82) is 0 Å². The summed E-state index contributed by atoms with van der Waals surface area (Å²) in [6.45, 7) is 0. The van der Waals surface area contributed by atoms with Gasteiger partial charge in [0.25, 0.3) is 0 Å². The van der Waals surface area contributed by atoms with Crippen molar-refractivity contribution in [2.45, 2.75) is 57.3 Å². The number of ketones is 1. The van der Waals surface area contributed by atoms with Crippen LogP contribution in [-0.2, 0) is 11.2 Å². The molecule has 3 rings (SSSR count). The molecule has 0 bridgehead atoms. The van der Waals surface area contributed by atoms with Crippen LogP contribution >= 0.6 is 0 Å². The van der Waals surface area contributed by atoms with Crippen LogP contribution in [0.25, 0.3) is 0 Å². The molecule has 2 aliphatic rings. The second-order valence-electron chi connectivity index (χ2n) is 6.03. The van der Waals surface area contributed by atoms with E-state index in [0.717, 1.165) is 31.6 Å². The Morgan fingerprint density at radius 3 is 2.72 bits per heavy atom. The predicted octanol–water partition coefficient (Wildman–Crippen LogP) is 4.26.